The van der Waals surface area contributed by atoms with E-state index in [0.29, 0.717) is 22.0 Å². The average molecular weight is 601 g/mol. The molecule has 1 aliphatic heterocycles. The van der Waals surface area contributed by atoms with Gasteiger partial charge in [0.1, 0.15) is 6.04 Å². The smallest absolute Gasteiger partial charge is 0.326 e. The van der Waals surface area contributed by atoms with Gasteiger partial charge < -0.3 is 15.3 Å². The topological polar surface area (TPSA) is 90.0 Å². The van der Waals surface area contributed by atoms with Gasteiger partial charge in [-0.05, 0) is 68.1 Å². The highest BCUT2D eigenvalue weighted by molar-refractivity contribution is 6.40. The van der Waals surface area contributed by atoms with Gasteiger partial charge in [0.05, 0.1) is 31.7 Å². The second-order valence-corrected chi connectivity index (χ2v) is 11.3. The summed E-state index contributed by atoms with van der Waals surface area (Å²) in [6, 6.07) is 14.7. The molecule has 0 bridgehead atoms. The predicted octanol–water partition coefficient (Wildman–Crippen LogP) is 6.63. The fraction of sp³-hybridized carbons (Fsp3) is 0.300. The summed E-state index contributed by atoms with van der Waals surface area (Å²) >= 11 is 19.3. The summed E-state index contributed by atoms with van der Waals surface area (Å²) in [5.74, 6) is -1.87. The van der Waals surface area contributed by atoms with Crippen molar-refractivity contribution in [1.29, 1.82) is 0 Å². The molecule has 5 rings (SSSR count). The summed E-state index contributed by atoms with van der Waals surface area (Å²) in [7, 11) is 0. The Hall–Kier alpha value is -3.26. The van der Waals surface area contributed by atoms with Crippen molar-refractivity contribution in [1.82, 2.24) is 5.32 Å². The summed E-state index contributed by atoms with van der Waals surface area (Å²) in [6.07, 6.45) is 1.60. The van der Waals surface area contributed by atoms with E-state index in [1.807, 2.05) is 30.9 Å². The van der Waals surface area contributed by atoms with Crippen LogP contribution in [0.4, 0.5) is 17.1 Å². The maximum Gasteiger partial charge on any atom is 0.326 e. The van der Waals surface area contributed by atoms with Crippen molar-refractivity contribution in [2.45, 2.75) is 44.6 Å². The molecule has 0 aromatic heterocycles. The Labute approximate surface area is 247 Å². The lowest BCUT2D eigenvalue weighted by Crippen LogP contribution is -2.42. The number of hydrogen-bond donors (Lipinski definition) is 2. The first-order valence-corrected chi connectivity index (χ1v) is 14.2. The molecule has 1 aliphatic carbocycles. The van der Waals surface area contributed by atoms with Crippen molar-refractivity contribution in [2.75, 3.05) is 22.9 Å². The number of rotatable bonds is 9. The van der Waals surface area contributed by atoms with Gasteiger partial charge in [0.25, 0.3) is 5.91 Å². The Kier molecular flexibility index (Phi) is 7.75. The highest BCUT2D eigenvalue weighted by atomic mass is 35.5. The molecule has 40 heavy (non-hydrogen) atoms. The Balaban J connectivity index is 1.34. The van der Waals surface area contributed by atoms with Crippen LogP contribution in [-0.2, 0) is 21.4 Å². The molecular formula is C30H28Cl3N3O4. The van der Waals surface area contributed by atoms with E-state index in [-0.39, 0.29) is 27.9 Å². The fourth-order valence-corrected chi connectivity index (χ4v) is 6.32. The first-order chi connectivity index (χ1) is 19.1. The van der Waals surface area contributed by atoms with Gasteiger partial charge in [-0.2, -0.15) is 0 Å². The summed E-state index contributed by atoms with van der Waals surface area (Å²) in [4.78, 5) is 42.2. The van der Waals surface area contributed by atoms with Crippen LogP contribution in [0.5, 0.6) is 0 Å². The Bertz CT molecular complexity index is 1480. The standard InChI is InChI=1S/C30H28Cl3N3O4/c1-3-35(4-2)19-15-22(32)25(23(33)16-19)27(37)34-24(28(38)39)14-17-8-10-18(11-9-17)36-26-20(6-5-7-21(26)31)30(12-13-30)29(36)40/h5-11,15-16,24H,3-4,12-14H2,1-2H3,(H,34,37)(H,38,39). The van der Waals surface area contributed by atoms with Crippen LogP contribution in [0.15, 0.2) is 54.6 Å². The molecule has 0 radical (unpaired) electrons. The van der Waals surface area contributed by atoms with Gasteiger partial charge in [-0.15, -0.1) is 0 Å². The lowest BCUT2D eigenvalue weighted by atomic mass is 9.98. The number of carboxylic acids is 1. The molecular weight excluding hydrogens is 573 g/mol. The van der Waals surface area contributed by atoms with E-state index in [4.69, 9.17) is 34.8 Å². The van der Waals surface area contributed by atoms with Crippen molar-refractivity contribution in [3.63, 3.8) is 0 Å². The Morgan fingerprint density at radius 3 is 2.17 bits per heavy atom. The zero-order chi connectivity index (χ0) is 28.8. The molecule has 1 saturated carbocycles. The normalized spacial score (nSPS) is 15.6. The van der Waals surface area contributed by atoms with E-state index in [9.17, 15) is 19.5 Å². The molecule has 3 aromatic rings. The number of carbonyl (C=O) groups excluding carboxylic acids is 2. The van der Waals surface area contributed by atoms with Crippen molar-refractivity contribution in [2.24, 2.45) is 0 Å². The minimum absolute atomic E-state index is 0.000189. The number of aliphatic carboxylic acids is 1. The third-order valence-corrected chi connectivity index (χ3v) is 8.61. The van der Waals surface area contributed by atoms with Crippen LogP contribution in [0.1, 0.15) is 48.2 Å². The summed E-state index contributed by atoms with van der Waals surface area (Å²) in [6.45, 7) is 5.47. The van der Waals surface area contributed by atoms with Crippen molar-refractivity contribution in [3.05, 3.63) is 86.4 Å². The largest absolute Gasteiger partial charge is 0.480 e. The van der Waals surface area contributed by atoms with E-state index in [1.54, 1.807) is 47.4 Å². The monoisotopic (exact) mass is 599 g/mol. The van der Waals surface area contributed by atoms with E-state index >= 15 is 0 Å². The van der Waals surface area contributed by atoms with Crippen LogP contribution in [-0.4, -0.2) is 42.0 Å². The van der Waals surface area contributed by atoms with Crippen LogP contribution in [0.25, 0.3) is 0 Å². The second kappa shape index (κ2) is 11.0. The number of carboxylic acid groups (broad SMARTS) is 1. The Morgan fingerprint density at radius 2 is 1.62 bits per heavy atom. The van der Waals surface area contributed by atoms with Crippen LogP contribution in [0.3, 0.4) is 0 Å². The number of carbonyl (C=O) groups is 3. The number of nitrogens with zero attached hydrogens (tertiary/aromatic N) is 2. The molecule has 1 spiro atoms. The minimum Gasteiger partial charge on any atom is -0.480 e. The average Bonchev–Trinajstić information content (AvgIpc) is 3.68. The fourth-order valence-electron chi connectivity index (χ4n) is 5.41. The van der Waals surface area contributed by atoms with Crippen LogP contribution in [0, 0.1) is 0 Å². The van der Waals surface area contributed by atoms with Gasteiger partial charge in [-0.3, -0.25) is 14.5 Å². The van der Waals surface area contributed by atoms with Crippen LogP contribution >= 0.6 is 34.8 Å². The molecule has 1 unspecified atom stereocenters. The third-order valence-electron chi connectivity index (χ3n) is 7.71. The highest BCUT2D eigenvalue weighted by Gasteiger charge is 2.60. The summed E-state index contributed by atoms with van der Waals surface area (Å²) < 4.78 is 0. The van der Waals surface area contributed by atoms with Crippen molar-refractivity contribution < 1.29 is 19.5 Å². The molecule has 2 aliphatic rings. The number of benzene rings is 3. The highest BCUT2D eigenvalue weighted by Crippen LogP contribution is 2.60. The molecule has 1 fully saturated rings. The van der Waals surface area contributed by atoms with Crippen LogP contribution in [0.2, 0.25) is 15.1 Å². The number of amides is 2. The number of halogens is 3. The number of hydrogen-bond acceptors (Lipinski definition) is 4. The van der Waals surface area contributed by atoms with E-state index in [1.165, 1.54) is 0 Å². The van der Waals surface area contributed by atoms with Gasteiger partial charge in [0.15, 0.2) is 0 Å². The van der Waals surface area contributed by atoms with Crippen LogP contribution < -0.4 is 15.1 Å². The molecule has 7 nitrogen and oxygen atoms in total. The number of nitrogens with one attached hydrogen (secondary N) is 1. The van der Waals surface area contributed by atoms with Gasteiger partial charge in [0, 0.05) is 30.9 Å². The van der Waals surface area contributed by atoms with Gasteiger partial charge in [-0.1, -0.05) is 59.1 Å². The molecule has 0 saturated heterocycles. The molecule has 1 atom stereocenters. The Morgan fingerprint density at radius 1 is 1.00 bits per heavy atom. The van der Waals surface area contributed by atoms with Crippen molar-refractivity contribution >= 4 is 69.6 Å². The first kappa shape index (κ1) is 28.3. The molecule has 10 heteroatoms. The van der Waals surface area contributed by atoms with Gasteiger partial charge >= 0.3 is 5.97 Å². The molecule has 3 aromatic carbocycles. The number of anilines is 3. The maximum absolute atomic E-state index is 13.4. The lowest BCUT2D eigenvalue weighted by molar-refractivity contribution is -0.139. The molecule has 2 N–H and O–H groups in total. The second-order valence-electron chi connectivity index (χ2n) is 10.1. The molecule has 2 amide bonds. The first-order valence-electron chi connectivity index (χ1n) is 13.1. The zero-order valence-corrected chi connectivity index (χ0v) is 24.3. The predicted molar refractivity (Wildman–Crippen MR) is 159 cm³/mol. The maximum atomic E-state index is 13.4. The van der Waals surface area contributed by atoms with Crippen molar-refractivity contribution in [3.8, 4) is 0 Å². The summed E-state index contributed by atoms with van der Waals surface area (Å²) in [5, 5.41) is 13.2. The number of fused-ring (bicyclic) bond motifs is 2. The SMILES string of the molecule is CCN(CC)c1cc(Cl)c(C(=O)NC(Cc2ccc(N3C(=O)C4(CC4)c4cccc(Cl)c43)cc2)C(=O)O)c(Cl)c1. The minimum atomic E-state index is -1.23. The van der Waals surface area contributed by atoms with Gasteiger partial charge in [0.2, 0.25) is 5.91 Å². The van der Waals surface area contributed by atoms with E-state index in [0.717, 1.165) is 37.2 Å². The third kappa shape index (κ3) is 4.91. The summed E-state index contributed by atoms with van der Waals surface area (Å²) in [5.41, 5.74) is 3.27. The van der Waals surface area contributed by atoms with Gasteiger partial charge in [-0.25, -0.2) is 4.79 Å². The molecule has 1 heterocycles. The lowest BCUT2D eigenvalue weighted by Gasteiger charge is -2.23. The van der Waals surface area contributed by atoms with E-state index < -0.39 is 23.3 Å². The number of para-hydroxylation sites is 1. The molecule has 208 valence electrons. The van der Waals surface area contributed by atoms with E-state index in [2.05, 4.69) is 5.32 Å². The zero-order valence-electron chi connectivity index (χ0n) is 22.0. The quantitative estimate of drug-likeness (QED) is 0.288.